The van der Waals surface area contributed by atoms with Crippen molar-refractivity contribution in [2.75, 3.05) is 23.3 Å². The summed E-state index contributed by atoms with van der Waals surface area (Å²) in [5, 5.41) is 3.59. The van der Waals surface area contributed by atoms with Crippen LogP contribution in [0, 0.1) is 5.92 Å². The van der Waals surface area contributed by atoms with Crippen LogP contribution in [0.15, 0.2) is 12.3 Å². The van der Waals surface area contributed by atoms with E-state index in [0.717, 1.165) is 30.8 Å². The Bertz CT molecular complexity index is 428. The van der Waals surface area contributed by atoms with Gasteiger partial charge in [-0.25, -0.2) is 4.98 Å². The topological polar surface area (TPSA) is 41.1 Å². The highest BCUT2D eigenvalue weighted by Crippen LogP contribution is 2.23. The van der Waals surface area contributed by atoms with Gasteiger partial charge in [-0.05, 0) is 37.7 Å². The van der Waals surface area contributed by atoms with Crippen LogP contribution in [-0.2, 0) is 0 Å². The fourth-order valence-corrected chi connectivity index (χ4v) is 3.41. The summed E-state index contributed by atoms with van der Waals surface area (Å²) in [4.78, 5) is 11.5. The predicted octanol–water partition coefficient (Wildman–Crippen LogP) is 3.46. The standard InChI is InChI=1S/C16H26N4/c1-13-6-5-11-20(12-13)16-17-10-9-15(19-16)18-14-7-3-2-4-8-14/h9-10,13-14H,2-8,11-12H2,1H3,(H,17,18,19). The third-order valence-corrected chi connectivity index (χ3v) is 4.54. The SMILES string of the molecule is CC1CCCN(c2nccc(NC3CCCCC3)n2)C1. The number of nitrogens with one attached hydrogen (secondary N) is 1. The van der Waals surface area contributed by atoms with Gasteiger partial charge in [0.2, 0.25) is 5.95 Å². The van der Waals surface area contributed by atoms with Crippen LogP contribution < -0.4 is 10.2 Å². The van der Waals surface area contributed by atoms with Gasteiger partial charge in [0.05, 0.1) is 0 Å². The summed E-state index contributed by atoms with van der Waals surface area (Å²) in [5.74, 6) is 2.65. The van der Waals surface area contributed by atoms with Crippen molar-refractivity contribution in [2.45, 2.75) is 57.9 Å². The van der Waals surface area contributed by atoms with Gasteiger partial charge in [0.25, 0.3) is 0 Å². The van der Waals surface area contributed by atoms with E-state index in [-0.39, 0.29) is 0 Å². The van der Waals surface area contributed by atoms with E-state index < -0.39 is 0 Å². The summed E-state index contributed by atoms with van der Waals surface area (Å²) in [6.45, 7) is 4.50. The molecule has 1 aromatic heterocycles. The molecule has 0 radical (unpaired) electrons. The lowest BCUT2D eigenvalue weighted by Gasteiger charge is -2.31. The van der Waals surface area contributed by atoms with E-state index in [9.17, 15) is 0 Å². The molecule has 0 spiro atoms. The zero-order valence-electron chi connectivity index (χ0n) is 12.5. The number of anilines is 2. The second-order valence-electron chi connectivity index (χ2n) is 6.41. The van der Waals surface area contributed by atoms with Crippen molar-refractivity contribution >= 4 is 11.8 Å². The van der Waals surface area contributed by atoms with Crippen LogP contribution >= 0.6 is 0 Å². The monoisotopic (exact) mass is 274 g/mol. The van der Waals surface area contributed by atoms with Crippen LogP contribution in [0.3, 0.4) is 0 Å². The first-order chi connectivity index (χ1) is 9.81. The summed E-state index contributed by atoms with van der Waals surface area (Å²) in [7, 11) is 0. The molecule has 4 nitrogen and oxygen atoms in total. The van der Waals surface area contributed by atoms with Gasteiger partial charge in [0.15, 0.2) is 0 Å². The van der Waals surface area contributed by atoms with E-state index in [1.54, 1.807) is 0 Å². The molecule has 1 aromatic rings. The van der Waals surface area contributed by atoms with Crippen LogP contribution in [0.5, 0.6) is 0 Å². The average molecular weight is 274 g/mol. The second-order valence-corrected chi connectivity index (χ2v) is 6.41. The normalized spacial score (nSPS) is 24.6. The molecule has 1 N–H and O–H groups in total. The number of piperidine rings is 1. The molecule has 20 heavy (non-hydrogen) atoms. The van der Waals surface area contributed by atoms with Crippen LogP contribution in [-0.4, -0.2) is 29.1 Å². The smallest absolute Gasteiger partial charge is 0.227 e. The van der Waals surface area contributed by atoms with Gasteiger partial charge in [-0.3, -0.25) is 0 Å². The molecule has 110 valence electrons. The molecule has 1 aliphatic carbocycles. The maximum Gasteiger partial charge on any atom is 0.227 e. The summed E-state index contributed by atoms with van der Waals surface area (Å²) < 4.78 is 0. The first kappa shape index (κ1) is 13.7. The summed E-state index contributed by atoms with van der Waals surface area (Å²) in [5.41, 5.74) is 0. The molecule has 0 amide bonds. The lowest BCUT2D eigenvalue weighted by atomic mass is 9.95. The maximum atomic E-state index is 4.73. The van der Waals surface area contributed by atoms with Gasteiger partial charge in [-0.1, -0.05) is 26.2 Å². The Morgan fingerprint density at radius 3 is 2.80 bits per heavy atom. The van der Waals surface area contributed by atoms with Crippen molar-refractivity contribution in [2.24, 2.45) is 5.92 Å². The number of nitrogens with zero attached hydrogens (tertiary/aromatic N) is 3. The predicted molar refractivity (Wildman–Crippen MR) is 83.1 cm³/mol. The molecule has 1 saturated heterocycles. The Morgan fingerprint density at radius 1 is 1.15 bits per heavy atom. The fraction of sp³-hybridized carbons (Fsp3) is 0.750. The van der Waals surface area contributed by atoms with Gasteiger partial charge in [0, 0.05) is 25.3 Å². The molecule has 2 fully saturated rings. The van der Waals surface area contributed by atoms with Crippen molar-refractivity contribution in [1.82, 2.24) is 9.97 Å². The lowest BCUT2D eigenvalue weighted by molar-refractivity contribution is 0.441. The van der Waals surface area contributed by atoms with Gasteiger partial charge in [-0.15, -0.1) is 0 Å². The summed E-state index contributed by atoms with van der Waals surface area (Å²) >= 11 is 0. The first-order valence-corrected chi connectivity index (χ1v) is 8.16. The minimum absolute atomic E-state index is 0.603. The Balaban J connectivity index is 1.65. The molecular weight excluding hydrogens is 248 g/mol. The number of hydrogen-bond acceptors (Lipinski definition) is 4. The Labute approximate surface area is 122 Å². The van der Waals surface area contributed by atoms with Crippen LogP contribution in [0.1, 0.15) is 51.9 Å². The molecular formula is C16H26N4. The molecule has 2 aliphatic rings. The molecule has 2 heterocycles. The third-order valence-electron chi connectivity index (χ3n) is 4.54. The van der Waals surface area contributed by atoms with E-state index in [2.05, 4.69) is 22.1 Å². The van der Waals surface area contributed by atoms with Crippen molar-refractivity contribution in [3.8, 4) is 0 Å². The largest absolute Gasteiger partial charge is 0.367 e. The summed E-state index contributed by atoms with van der Waals surface area (Å²) in [6.07, 6.45) is 11.1. The molecule has 1 unspecified atom stereocenters. The molecule has 4 heteroatoms. The number of rotatable bonds is 3. The highest BCUT2D eigenvalue weighted by molar-refractivity contribution is 5.42. The van der Waals surface area contributed by atoms with E-state index in [1.807, 2.05) is 12.3 Å². The Kier molecular flexibility index (Phi) is 4.38. The van der Waals surface area contributed by atoms with E-state index >= 15 is 0 Å². The highest BCUT2D eigenvalue weighted by atomic mass is 15.3. The summed E-state index contributed by atoms with van der Waals surface area (Å²) in [6, 6.07) is 2.61. The van der Waals surface area contributed by atoms with Crippen LogP contribution in [0.4, 0.5) is 11.8 Å². The van der Waals surface area contributed by atoms with Crippen molar-refractivity contribution in [3.63, 3.8) is 0 Å². The van der Waals surface area contributed by atoms with E-state index in [4.69, 9.17) is 4.98 Å². The van der Waals surface area contributed by atoms with Gasteiger partial charge in [0.1, 0.15) is 5.82 Å². The molecule has 0 aromatic carbocycles. The van der Waals surface area contributed by atoms with E-state index in [0.29, 0.717) is 6.04 Å². The average Bonchev–Trinajstić information content (AvgIpc) is 2.49. The van der Waals surface area contributed by atoms with Crippen LogP contribution in [0.2, 0.25) is 0 Å². The minimum Gasteiger partial charge on any atom is -0.367 e. The Hall–Kier alpha value is -1.32. The van der Waals surface area contributed by atoms with Crippen molar-refractivity contribution in [3.05, 3.63) is 12.3 Å². The molecule has 1 atom stereocenters. The maximum absolute atomic E-state index is 4.73. The number of hydrogen-bond donors (Lipinski definition) is 1. The fourth-order valence-electron chi connectivity index (χ4n) is 3.41. The lowest BCUT2D eigenvalue weighted by Crippen LogP contribution is -2.35. The minimum atomic E-state index is 0.603. The zero-order valence-corrected chi connectivity index (χ0v) is 12.5. The van der Waals surface area contributed by atoms with Crippen LogP contribution in [0.25, 0.3) is 0 Å². The van der Waals surface area contributed by atoms with Gasteiger partial charge < -0.3 is 10.2 Å². The van der Waals surface area contributed by atoms with Crippen molar-refractivity contribution in [1.29, 1.82) is 0 Å². The van der Waals surface area contributed by atoms with Crippen molar-refractivity contribution < 1.29 is 0 Å². The Morgan fingerprint density at radius 2 is 2.00 bits per heavy atom. The van der Waals surface area contributed by atoms with E-state index in [1.165, 1.54) is 44.9 Å². The first-order valence-electron chi connectivity index (χ1n) is 8.16. The molecule has 1 aliphatic heterocycles. The quantitative estimate of drug-likeness (QED) is 0.916. The zero-order chi connectivity index (χ0) is 13.8. The molecule has 1 saturated carbocycles. The van der Waals surface area contributed by atoms with Gasteiger partial charge in [-0.2, -0.15) is 4.98 Å². The highest BCUT2D eigenvalue weighted by Gasteiger charge is 2.19. The third kappa shape index (κ3) is 3.41. The number of aromatic nitrogens is 2. The van der Waals surface area contributed by atoms with Gasteiger partial charge >= 0.3 is 0 Å². The molecule has 0 bridgehead atoms. The second kappa shape index (κ2) is 6.42. The molecule has 3 rings (SSSR count).